The molecule has 3 heterocycles. The number of para-hydroxylation sites is 1. The van der Waals surface area contributed by atoms with Gasteiger partial charge in [0.1, 0.15) is 6.04 Å². The highest BCUT2D eigenvalue weighted by molar-refractivity contribution is 5.84. The molecule has 2 saturated heterocycles. The van der Waals surface area contributed by atoms with Crippen LogP contribution in [0.25, 0.3) is 0 Å². The Morgan fingerprint density at radius 3 is 2.97 bits per heavy atom. The summed E-state index contributed by atoms with van der Waals surface area (Å²) >= 11 is 0. The first-order chi connectivity index (χ1) is 15.1. The van der Waals surface area contributed by atoms with Gasteiger partial charge < -0.3 is 15.1 Å². The van der Waals surface area contributed by atoms with Crippen molar-refractivity contribution < 1.29 is 9.59 Å². The molecule has 4 unspecified atom stereocenters. The predicted octanol–water partition coefficient (Wildman–Crippen LogP) is 1.53. The minimum Gasteiger partial charge on any atom is -0.371 e. The van der Waals surface area contributed by atoms with Crippen molar-refractivity contribution in [2.24, 2.45) is 5.92 Å². The van der Waals surface area contributed by atoms with Gasteiger partial charge in [-0.2, -0.15) is 0 Å². The fourth-order valence-corrected chi connectivity index (χ4v) is 6.15. The van der Waals surface area contributed by atoms with E-state index >= 15 is 0 Å². The van der Waals surface area contributed by atoms with Gasteiger partial charge in [-0.1, -0.05) is 18.2 Å². The number of anilines is 1. The monoisotopic (exact) mass is 425 g/mol. The van der Waals surface area contributed by atoms with Crippen molar-refractivity contribution in [3.63, 3.8) is 0 Å². The SMILES string of the molecule is CN1C(=O)C2CCNN2C2CCC(C(=O)NCCCN3CCCc4ccccc43)CC21. The smallest absolute Gasteiger partial charge is 0.241 e. The third kappa shape index (κ3) is 3.94. The number of piperazine rings is 1. The van der Waals surface area contributed by atoms with Crippen molar-refractivity contribution in [1.82, 2.24) is 20.7 Å². The molecule has 31 heavy (non-hydrogen) atoms. The molecule has 0 radical (unpaired) electrons. The number of nitrogens with zero attached hydrogens (tertiary/aromatic N) is 3. The maximum Gasteiger partial charge on any atom is 0.241 e. The summed E-state index contributed by atoms with van der Waals surface area (Å²) in [6.07, 6.45) is 6.84. The van der Waals surface area contributed by atoms with E-state index in [1.807, 2.05) is 11.9 Å². The van der Waals surface area contributed by atoms with Crippen LogP contribution in [-0.4, -0.2) is 73.1 Å². The van der Waals surface area contributed by atoms with Crippen molar-refractivity contribution in [1.29, 1.82) is 0 Å². The lowest BCUT2D eigenvalue weighted by molar-refractivity contribution is -0.153. The molecule has 168 valence electrons. The Morgan fingerprint density at radius 1 is 1.19 bits per heavy atom. The topological polar surface area (TPSA) is 67.9 Å². The number of hydrogen-bond donors (Lipinski definition) is 2. The molecule has 1 saturated carbocycles. The van der Waals surface area contributed by atoms with E-state index in [4.69, 9.17) is 0 Å². The molecule has 7 heteroatoms. The standard InChI is InChI=1S/C24H35N5O2/c1-27-22-16-18(9-10-20(22)29-21(24(27)31)11-13-26-29)23(30)25-12-5-15-28-14-4-7-17-6-2-3-8-19(17)28/h2-3,6,8,18,20-22,26H,4-5,7,9-16H2,1H3,(H,25,30). The van der Waals surface area contributed by atoms with Crippen molar-refractivity contribution in [2.75, 3.05) is 38.1 Å². The average Bonchev–Trinajstić information content (AvgIpc) is 3.30. The highest BCUT2D eigenvalue weighted by atomic mass is 16.2. The molecule has 2 N–H and O–H groups in total. The summed E-state index contributed by atoms with van der Waals surface area (Å²) in [6.45, 7) is 3.67. The molecule has 1 aliphatic carbocycles. The molecule has 2 amide bonds. The van der Waals surface area contributed by atoms with Gasteiger partial charge in [0, 0.05) is 56.9 Å². The van der Waals surface area contributed by atoms with Gasteiger partial charge in [0.15, 0.2) is 0 Å². The Morgan fingerprint density at radius 2 is 2.06 bits per heavy atom. The number of hydrogen-bond acceptors (Lipinski definition) is 5. The molecular formula is C24H35N5O2. The van der Waals surface area contributed by atoms with Gasteiger partial charge in [0.2, 0.25) is 11.8 Å². The van der Waals surface area contributed by atoms with Crippen LogP contribution in [0.15, 0.2) is 24.3 Å². The molecule has 4 atom stereocenters. The van der Waals surface area contributed by atoms with E-state index in [0.717, 1.165) is 58.2 Å². The minimum absolute atomic E-state index is 0.00589. The minimum atomic E-state index is -0.0171. The highest BCUT2D eigenvalue weighted by Crippen LogP contribution is 2.36. The average molecular weight is 426 g/mol. The van der Waals surface area contributed by atoms with Gasteiger partial charge in [-0.25, -0.2) is 5.01 Å². The molecular weight excluding hydrogens is 390 g/mol. The summed E-state index contributed by atoms with van der Waals surface area (Å²) in [7, 11) is 1.92. The van der Waals surface area contributed by atoms with Crippen molar-refractivity contribution >= 4 is 17.5 Å². The van der Waals surface area contributed by atoms with Crippen molar-refractivity contribution in [2.45, 2.75) is 63.1 Å². The van der Waals surface area contributed by atoms with Crippen LogP contribution in [0.3, 0.4) is 0 Å². The predicted molar refractivity (Wildman–Crippen MR) is 121 cm³/mol. The van der Waals surface area contributed by atoms with Crippen molar-refractivity contribution in [3.05, 3.63) is 29.8 Å². The second-order valence-corrected chi connectivity index (χ2v) is 9.58. The maximum absolute atomic E-state index is 12.9. The Bertz CT molecular complexity index is 830. The van der Waals surface area contributed by atoms with E-state index in [2.05, 4.69) is 44.9 Å². The van der Waals surface area contributed by atoms with Crippen LogP contribution in [0.4, 0.5) is 5.69 Å². The molecule has 3 fully saturated rings. The molecule has 0 aromatic heterocycles. The number of rotatable bonds is 5. The maximum atomic E-state index is 12.9. The van der Waals surface area contributed by atoms with Gasteiger partial charge in [0.05, 0.1) is 0 Å². The second kappa shape index (κ2) is 8.79. The largest absolute Gasteiger partial charge is 0.371 e. The molecule has 1 aromatic rings. The number of nitrogens with one attached hydrogen (secondary N) is 2. The van der Waals surface area contributed by atoms with E-state index in [-0.39, 0.29) is 29.8 Å². The first-order valence-corrected chi connectivity index (χ1v) is 12.0. The Balaban J connectivity index is 1.11. The lowest BCUT2D eigenvalue weighted by Gasteiger charge is -2.50. The van der Waals surface area contributed by atoms with E-state index in [1.165, 1.54) is 17.7 Å². The fraction of sp³-hybridized carbons (Fsp3) is 0.667. The fourth-order valence-electron chi connectivity index (χ4n) is 6.15. The number of likely N-dealkylation sites (N-methyl/N-ethyl adjacent to an activating group) is 1. The van der Waals surface area contributed by atoms with E-state index in [0.29, 0.717) is 12.6 Å². The zero-order valence-electron chi connectivity index (χ0n) is 18.6. The number of carbonyl (C=O) groups excluding carboxylic acids is 2. The van der Waals surface area contributed by atoms with Crippen LogP contribution in [0.2, 0.25) is 0 Å². The van der Waals surface area contributed by atoms with Crippen LogP contribution in [-0.2, 0) is 16.0 Å². The third-order valence-corrected chi connectivity index (χ3v) is 7.80. The Labute approximate surface area is 185 Å². The normalized spacial score (nSPS) is 30.5. The number of amides is 2. The van der Waals surface area contributed by atoms with E-state index in [1.54, 1.807) is 0 Å². The summed E-state index contributed by atoms with van der Waals surface area (Å²) in [4.78, 5) is 30.0. The number of carbonyl (C=O) groups is 2. The molecule has 1 aromatic carbocycles. The summed E-state index contributed by atoms with van der Waals surface area (Å²) < 4.78 is 0. The third-order valence-electron chi connectivity index (χ3n) is 7.80. The van der Waals surface area contributed by atoms with E-state index in [9.17, 15) is 9.59 Å². The summed E-state index contributed by atoms with van der Waals surface area (Å²) in [5.74, 6) is 0.371. The van der Waals surface area contributed by atoms with Crippen LogP contribution in [0.1, 0.15) is 44.1 Å². The number of benzene rings is 1. The highest BCUT2D eigenvalue weighted by Gasteiger charge is 2.50. The molecule has 4 aliphatic rings. The molecule has 7 nitrogen and oxygen atoms in total. The second-order valence-electron chi connectivity index (χ2n) is 9.58. The Hall–Kier alpha value is -2.12. The zero-order chi connectivity index (χ0) is 21.4. The molecule has 5 rings (SSSR count). The lowest BCUT2D eigenvalue weighted by atomic mass is 9.79. The van der Waals surface area contributed by atoms with Crippen LogP contribution >= 0.6 is 0 Å². The van der Waals surface area contributed by atoms with E-state index < -0.39 is 0 Å². The Kier molecular flexibility index (Phi) is 5.89. The molecule has 3 aliphatic heterocycles. The molecule has 0 bridgehead atoms. The summed E-state index contributed by atoms with van der Waals surface area (Å²) in [6, 6.07) is 9.12. The van der Waals surface area contributed by atoms with Gasteiger partial charge >= 0.3 is 0 Å². The first-order valence-electron chi connectivity index (χ1n) is 12.0. The van der Waals surface area contributed by atoms with Crippen LogP contribution in [0, 0.1) is 5.92 Å². The van der Waals surface area contributed by atoms with Crippen LogP contribution in [0.5, 0.6) is 0 Å². The quantitative estimate of drug-likeness (QED) is 0.701. The number of fused-ring (bicyclic) bond motifs is 4. The summed E-state index contributed by atoms with van der Waals surface area (Å²) in [5.41, 5.74) is 6.21. The van der Waals surface area contributed by atoms with Gasteiger partial charge in [-0.05, 0) is 56.6 Å². The van der Waals surface area contributed by atoms with Gasteiger partial charge in [-0.3, -0.25) is 15.0 Å². The van der Waals surface area contributed by atoms with Crippen molar-refractivity contribution in [3.8, 4) is 0 Å². The first kappa shape index (κ1) is 20.8. The summed E-state index contributed by atoms with van der Waals surface area (Å²) in [5, 5.41) is 5.38. The van der Waals surface area contributed by atoms with Gasteiger partial charge in [-0.15, -0.1) is 0 Å². The number of hydrazine groups is 1. The molecule has 0 spiro atoms. The zero-order valence-corrected chi connectivity index (χ0v) is 18.6. The number of aryl methyl sites for hydroxylation is 1. The van der Waals surface area contributed by atoms with Crippen LogP contribution < -0.4 is 15.6 Å². The van der Waals surface area contributed by atoms with Gasteiger partial charge in [0.25, 0.3) is 0 Å². The lowest BCUT2D eigenvalue weighted by Crippen LogP contribution is -2.67.